The third-order valence-corrected chi connectivity index (χ3v) is 3.71. The average molecular weight is 301 g/mol. The van der Waals surface area contributed by atoms with Gasteiger partial charge in [-0.15, -0.1) is 5.10 Å². The number of nitrogens with one attached hydrogen (secondary N) is 2. The fourth-order valence-corrected chi connectivity index (χ4v) is 2.26. The molecule has 0 bridgehead atoms. The van der Waals surface area contributed by atoms with Gasteiger partial charge in [0.1, 0.15) is 0 Å². The van der Waals surface area contributed by atoms with Gasteiger partial charge in [-0.05, 0) is 31.7 Å². The highest BCUT2D eigenvalue weighted by Crippen LogP contribution is 2.32. The molecule has 3 rings (SSSR count). The van der Waals surface area contributed by atoms with Crippen LogP contribution in [-0.4, -0.2) is 33.9 Å². The van der Waals surface area contributed by atoms with Gasteiger partial charge in [0.2, 0.25) is 5.88 Å². The molecule has 0 spiro atoms. The van der Waals surface area contributed by atoms with E-state index >= 15 is 0 Å². The van der Waals surface area contributed by atoms with Crippen molar-refractivity contribution in [3.63, 3.8) is 0 Å². The summed E-state index contributed by atoms with van der Waals surface area (Å²) in [4.78, 5) is 16.0. The summed E-state index contributed by atoms with van der Waals surface area (Å²) in [7, 11) is 1.56. The van der Waals surface area contributed by atoms with Gasteiger partial charge in [0, 0.05) is 30.6 Å². The highest BCUT2D eigenvalue weighted by Gasteiger charge is 2.28. The van der Waals surface area contributed by atoms with Gasteiger partial charge in [-0.2, -0.15) is 0 Å². The minimum atomic E-state index is -0.225. The van der Waals surface area contributed by atoms with E-state index in [1.807, 2.05) is 13.0 Å². The first-order valence-corrected chi connectivity index (χ1v) is 7.29. The lowest BCUT2D eigenvalue weighted by molar-refractivity contribution is 0.248. The second-order valence-electron chi connectivity index (χ2n) is 5.43. The number of urea groups is 1. The molecule has 7 nitrogen and oxygen atoms in total. The first kappa shape index (κ1) is 14.4. The van der Waals surface area contributed by atoms with Gasteiger partial charge in [0.05, 0.1) is 12.8 Å². The molecule has 2 heterocycles. The zero-order chi connectivity index (χ0) is 15.5. The van der Waals surface area contributed by atoms with E-state index in [9.17, 15) is 4.79 Å². The van der Waals surface area contributed by atoms with Crippen molar-refractivity contribution in [3.8, 4) is 11.6 Å². The van der Waals surface area contributed by atoms with Crippen molar-refractivity contribution in [2.45, 2.75) is 25.8 Å². The fraction of sp³-hybridized carbons (Fsp3) is 0.400. The quantitative estimate of drug-likeness (QED) is 0.887. The molecule has 22 heavy (non-hydrogen) atoms. The molecule has 1 aliphatic rings. The van der Waals surface area contributed by atoms with Crippen LogP contribution in [0.4, 0.5) is 10.6 Å². The summed E-state index contributed by atoms with van der Waals surface area (Å²) in [6, 6.07) is 5.30. The molecule has 0 aliphatic heterocycles. The Hall–Kier alpha value is -2.57. The van der Waals surface area contributed by atoms with Crippen LogP contribution < -0.4 is 15.4 Å². The predicted octanol–water partition coefficient (Wildman–Crippen LogP) is 2.20. The minimum absolute atomic E-state index is 0.201. The van der Waals surface area contributed by atoms with Crippen molar-refractivity contribution >= 4 is 11.8 Å². The van der Waals surface area contributed by atoms with E-state index in [0.29, 0.717) is 17.6 Å². The Labute approximate surface area is 128 Å². The normalized spacial score (nSPS) is 15.2. The topological polar surface area (TPSA) is 81.1 Å². The lowest BCUT2D eigenvalue weighted by Gasteiger charge is -2.12. The third-order valence-electron chi connectivity index (χ3n) is 3.71. The van der Waals surface area contributed by atoms with Crippen molar-refractivity contribution in [1.82, 2.24) is 20.1 Å². The number of rotatable bonds is 5. The lowest BCUT2D eigenvalue weighted by Crippen LogP contribution is -2.37. The van der Waals surface area contributed by atoms with Crippen LogP contribution in [0.15, 0.2) is 30.6 Å². The van der Waals surface area contributed by atoms with Crippen molar-refractivity contribution < 1.29 is 9.53 Å². The molecule has 0 radical (unpaired) electrons. The molecule has 1 aliphatic carbocycles. The van der Waals surface area contributed by atoms with E-state index in [1.165, 1.54) is 12.8 Å². The third kappa shape index (κ3) is 3.36. The number of hydrogen-bond donors (Lipinski definition) is 2. The van der Waals surface area contributed by atoms with Crippen molar-refractivity contribution in [2.24, 2.45) is 5.92 Å². The van der Waals surface area contributed by atoms with Crippen LogP contribution in [0.3, 0.4) is 0 Å². The van der Waals surface area contributed by atoms with Crippen LogP contribution in [-0.2, 0) is 0 Å². The largest absolute Gasteiger partial charge is 0.481 e. The van der Waals surface area contributed by atoms with Gasteiger partial charge in [-0.1, -0.05) is 0 Å². The fourth-order valence-electron chi connectivity index (χ4n) is 2.26. The van der Waals surface area contributed by atoms with E-state index in [4.69, 9.17) is 4.74 Å². The summed E-state index contributed by atoms with van der Waals surface area (Å²) in [6.07, 6.45) is 5.81. The summed E-state index contributed by atoms with van der Waals surface area (Å²) in [5.74, 6) is 1.63. The molecule has 0 aromatic carbocycles. The van der Waals surface area contributed by atoms with E-state index in [1.54, 1.807) is 36.3 Å². The summed E-state index contributed by atoms with van der Waals surface area (Å²) in [6.45, 7) is 2.03. The van der Waals surface area contributed by atoms with Crippen molar-refractivity contribution in [2.75, 3.05) is 12.4 Å². The van der Waals surface area contributed by atoms with Crippen molar-refractivity contribution in [3.05, 3.63) is 30.6 Å². The average Bonchev–Trinajstić information content (AvgIpc) is 3.28. The minimum Gasteiger partial charge on any atom is -0.481 e. The molecule has 2 amide bonds. The number of carbonyl (C=O) groups is 1. The molecule has 2 N–H and O–H groups in total. The van der Waals surface area contributed by atoms with Gasteiger partial charge in [0.25, 0.3) is 0 Å². The van der Waals surface area contributed by atoms with Crippen molar-refractivity contribution in [1.29, 1.82) is 0 Å². The molecule has 1 atom stereocenters. The number of amides is 2. The highest BCUT2D eigenvalue weighted by molar-refractivity contribution is 5.88. The molecule has 1 fully saturated rings. The summed E-state index contributed by atoms with van der Waals surface area (Å²) in [5.41, 5.74) is 0.812. The summed E-state index contributed by atoms with van der Waals surface area (Å²) in [5, 5.41) is 10.00. The standard InChI is InChI=1S/C15H19N5O2/c1-10(11-3-4-11)17-15(21)18-13-6-8-20(19-13)12-5-7-16-14(9-12)22-2/h5-11H,3-4H2,1-2H3,(H2,17,18,19,21)/t10-/m0/s1. The van der Waals surface area contributed by atoms with Gasteiger partial charge < -0.3 is 10.1 Å². The zero-order valence-electron chi connectivity index (χ0n) is 12.6. The van der Waals surface area contributed by atoms with Crippen LogP contribution in [0.2, 0.25) is 0 Å². The van der Waals surface area contributed by atoms with Crippen LogP contribution in [0.25, 0.3) is 5.69 Å². The Morgan fingerprint density at radius 2 is 2.27 bits per heavy atom. The van der Waals surface area contributed by atoms with E-state index < -0.39 is 0 Å². The van der Waals surface area contributed by atoms with Gasteiger partial charge in [0.15, 0.2) is 5.82 Å². The Bertz CT molecular complexity index is 665. The van der Waals surface area contributed by atoms with Gasteiger partial charge >= 0.3 is 6.03 Å². The number of hydrogen-bond acceptors (Lipinski definition) is 4. The maximum Gasteiger partial charge on any atom is 0.320 e. The molecule has 2 aromatic heterocycles. The van der Waals surface area contributed by atoms with E-state index in [0.717, 1.165) is 5.69 Å². The molecule has 0 saturated heterocycles. The van der Waals surface area contributed by atoms with Gasteiger partial charge in [-0.3, -0.25) is 5.32 Å². The Morgan fingerprint density at radius 1 is 1.45 bits per heavy atom. The van der Waals surface area contributed by atoms with Crippen LogP contribution in [0, 0.1) is 5.92 Å². The second kappa shape index (κ2) is 6.05. The zero-order valence-corrected chi connectivity index (χ0v) is 12.6. The summed E-state index contributed by atoms with van der Waals surface area (Å²) < 4.78 is 6.74. The van der Waals surface area contributed by atoms with Crippen LogP contribution in [0.1, 0.15) is 19.8 Å². The number of nitrogens with zero attached hydrogens (tertiary/aromatic N) is 3. The van der Waals surface area contributed by atoms with Crippen LogP contribution >= 0.6 is 0 Å². The molecule has 116 valence electrons. The Morgan fingerprint density at radius 3 is 3.00 bits per heavy atom. The first-order chi connectivity index (χ1) is 10.7. The predicted molar refractivity (Wildman–Crippen MR) is 82.3 cm³/mol. The van der Waals surface area contributed by atoms with E-state index in [2.05, 4.69) is 20.7 Å². The number of carbonyl (C=O) groups excluding carboxylic acids is 1. The number of aromatic nitrogens is 3. The molecule has 0 unspecified atom stereocenters. The number of methoxy groups -OCH3 is 1. The van der Waals surface area contributed by atoms with E-state index in [-0.39, 0.29) is 12.1 Å². The van der Waals surface area contributed by atoms with Gasteiger partial charge in [-0.25, -0.2) is 14.5 Å². The molecule has 7 heteroatoms. The summed E-state index contributed by atoms with van der Waals surface area (Å²) >= 11 is 0. The second-order valence-corrected chi connectivity index (χ2v) is 5.43. The highest BCUT2D eigenvalue weighted by atomic mass is 16.5. The SMILES string of the molecule is COc1cc(-n2ccc(NC(=O)N[C@@H](C)C3CC3)n2)ccn1. The molecular weight excluding hydrogens is 282 g/mol. The first-order valence-electron chi connectivity index (χ1n) is 7.29. The van der Waals surface area contributed by atoms with Crippen LogP contribution in [0.5, 0.6) is 5.88 Å². The molecule has 1 saturated carbocycles. The maximum absolute atomic E-state index is 11.9. The Kier molecular flexibility index (Phi) is 3.95. The smallest absolute Gasteiger partial charge is 0.320 e. The maximum atomic E-state index is 11.9. The monoisotopic (exact) mass is 301 g/mol. The lowest BCUT2D eigenvalue weighted by atomic mass is 10.2. The Balaban J connectivity index is 1.64. The molecular formula is C15H19N5O2. The molecule has 2 aromatic rings. The number of ether oxygens (including phenoxy) is 1. The number of anilines is 1. The number of pyridine rings is 1.